The number of imidazole rings is 1. The van der Waals surface area contributed by atoms with Gasteiger partial charge in [-0.05, 0) is 0 Å². The van der Waals surface area contributed by atoms with Crippen molar-refractivity contribution in [3.63, 3.8) is 0 Å². The molecule has 4 rings (SSSR count). The van der Waals surface area contributed by atoms with Gasteiger partial charge in [0.15, 0.2) is 23.5 Å². The summed E-state index contributed by atoms with van der Waals surface area (Å²) in [4.78, 5) is 11.6. The van der Waals surface area contributed by atoms with Gasteiger partial charge in [-0.3, -0.25) is 4.57 Å². The van der Waals surface area contributed by atoms with Crippen LogP contribution in [-0.4, -0.2) is 63.1 Å². The Bertz CT molecular complexity index is 837. The Hall–Kier alpha value is -1.86. The lowest BCUT2D eigenvalue weighted by atomic mass is 10.1. The normalized spacial score (nSPS) is 33.3. The molecule has 2 aliphatic heterocycles. The topological polar surface area (TPSA) is 146 Å². The molecule has 0 radical (unpaired) electrons. The third-order valence-electron chi connectivity index (χ3n) is 3.54. The zero-order valence-electron chi connectivity index (χ0n) is 10.8. The van der Waals surface area contributed by atoms with Gasteiger partial charge in [0, 0.05) is 0 Å². The number of aromatic nitrogens is 4. The van der Waals surface area contributed by atoms with Crippen molar-refractivity contribution in [2.45, 2.75) is 24.5 Å². The zero-order valence-corrected chi connectivity index (χ0v) is 11.6. The summed E-state index contributed by atoms with van der Waals surface area (Å²) in [6.07, 6.45) is -1.31. The summed E-state index contributed by atoms with van der Waals surface area (Å²) in [5.74, 6) is -0.312. The van der Waals surface area contributed by atoms with Gasteiger partial charge in [0.1, 0.15) is 18.5 Å². The van der Waals surface area contributed by atoms with Gasteiger partial charge in [0.05, 0.1) is 12.9 Å². The van der Waals surface area contributed by atoms with Crippen LogP contribution in [0.2, 0.25) is 0 Å². The quantitative estimate of drug-likeness (QED) is 0.663. The largest absolute Gasteiger partial charge is 0.492 e. The molecule has 4 atom stereocenters. The van der Waals surface area contributed by atoms with Gasteiger partial charge in [-0.2, -0.15) is 13.4 Å². The minimum Gasteiger partial charge on any atom is -0.492 e. The van der Waals surface area contributed by atoms with Gasteiger partial charge >= 0.3 is 10.4 Å². The molecule has 0 bridgehead atoms. The lowest BCUT2D eigenvalue weighted by molar-refractivity contribution is -0.0543. The smallest absolute Gasteiger partial charge is 0.400 e. The fourth-order valence-electron chi connectivity index (χ4n) is 2.62. The summed E-state index contributed by atoms with van der Waals surface area (Å²) in [5.41, 5.74) is 0.375. The van der Waals surface area contributed by atoms with Gasteiger partial charge in [0.25, 0.3) is 0 Å². The maximum absolute atomic E-state index is 11.5. The molecule has 0 aliphatic carbocycles. The van der Waals surface area contributed by atoms with E-state index in [1.165, 1.54) is 10.9 Å². The monoisotopic (exact) mass is 330 g/mol. The second-order valence-corrected chi connectivity index (χ2v) is 6.00. The summed E-state index contributed by atoms with van der Waals surface area (Å²) < 4.78 is 39.6. The van der Waals surface area contributed by atoms with Gasteiger partial charge < -0.3 is 14.9 Å². The molecule has 0 unspecified atom stereocenters. The number of hydrogen-bond donors (Lipinski definition) is 2. The number of ether oxygens (including phenoxy) is 1. The SMILES string of the molecule is O=S1(=O)O[C@@H]2[C@H](O1)[C@@H](CO)O[C@H]2n1cnc2c(O)ncnc21. The second kappa shape index (κ2) is 4.57. The number of aliphatic hydroxyl groups is 1. The lowest BCUT2D eigenvalue weighted by Crippen LogP contribution is -2.30. The molecule has 2 fully saturated rings. The van der Waals surface area contributed by atoms with Crippen LogP contribution in [-0.2, 0) is 23.5 Å². The van der Waals surface area contributed by atoms with E-state index < -0.39 is 41.5 Å². The molecule has 2 aromatic rings. The highest BCUT2D eigenvalue weighted by atomic mass is 32.3. The molecule has 2 aliphatic rings. The van der Waals surface area contributed by atoms with E-state index in [1.54, 1.807) is 0 Å². The van der Waals surface area contributed by atoms with Gasteiger partial charge in [-0.25, -0.2) is 18.3 Å². The Labute approximate surface area is 123 Å². The van der Waals surface area contributed by atoms with E-state index in [-0.39, 0.29) is 17.0 Å². The van der Waals surface area contributed by atoms with E-state index in [1.807, 2.05) is 0 Å². The minimum absolute atomic E-state index is 0.136. The molecule has 0 amide bonds. The molecule has 11 nitrogen and oxygen atoms in total. The molecule has 0 saturated carbocycles. The van der Waals surface area contributed by atoms with Crippen molar-refractivity contribution in [1.29, 1.82) is 0 Å². The first-order chi connectivity index (χ1) is 10.5. The molecular weight excluding hydrogens is 320 g/mol. The Balaban J connectivity index is 1.80. The van der Waals surface area contributed by atoms with Crippen LogP contribution in [0.5, 0.6) is 5.88 Å². The van der Waals surface area contributed by atoms with Crippen molar-refractivity contribution in [3.8, 4) is 5.88 Å². The van der Waals surface area contributed by atoms with Crippen LogP contribution in [0.1, 0.15) is 6.23 Å². The summed E-state index contributed by atoms with van der Waals surface area (Å²) in [5, 5.41) is 18.9. The van der Waals surface area contributed by atoms with Gasteiger partial charge in [-0.15, -0.1) is 0 Å². The van der Waals surface area contributed by atoms with Crippen molar-refractivity contribution in [3.05, 3.63) is 12.7 Å². The minimum atomic E-state index is -4.14. The standard InChI is InChI=1S/C10H10N4O7S/c15-1-4-6-7(21-22(17,18)20-6)10(19-4)14-3-13-5-8(14)11-2-12-9(5)16/h2-4,6-7,10,15H,1H2,(H,11,12,16)/t4-,6-,7-,10-/m1/s1. The summed E-state index contributed by atoms with van der Waals surface area (Å²) >= 11 is 0. The van der Waals surface area contributed by atoms with E-state index in [2.05, 4.69) is 15.0 Å². The molecule has 0 aromatic carbocycles. The molecule has 4 heterocycles. The predicted molar refractivity (Wildman–Crippen MR) is 66.6 cm³/mol. The van der Waals surface area contributed by atoms with Crippen LogP contribution < -0.4 is 0 Å². The molecule has 2 N–H and O–H groups in total. The lowest BCUT2D eigenvalue weighted by Gasteiger charge is -2.17. The Kier molecular flexibility index (Phi) is 2.86. The van der Waals surface area contributed by atoms with Crippen molar-refractivity contribution in [2.75, 3.05) is 6.61 Å². The van der Waals surface area contributed by atoms with E-state index in [0.29, 0.717) is 0 Å². The number of fused-ring (bicyclic) bond motifs is 2. The maximum atomic E-state index is 11.5. The average Bonchev–Trinajstić information content (AvgIpc) is 3.10. The predicted octanol–water partition coefficient (Wildman–Crippen LogP) is -1.55. The van der Waals surface area contributed by atoms with E-state index >= 15 is 0 Å². The van der Waals surface area contributed by atoms with Crippen LogP contribution in [0.15, 0.2) is 12.7 Å². The first kappa shape index (κ1) is 13.8. The summed E-state index contributed by atoms with van der Waals surface area (Å²) in [7, 11) is -4.14. The highest BCUT2D eigenvalue weighted by molar-refractivity contribution is 7.82. The highest BCUT2D eigenvalue weighted by Crippen LogP contribution is 2.41. The van der Waals surface area contributed by atoms with Crippen LogP contribution >= 0.6 is 0 Å². The van der Waals surface area contributed by atoms with Crippen LogP contribution in [0, 0.1) is 0 Å². The molecule has 22 heavy (non-hydrogen) atoms. The molecule has 0 spiro atoms. The molecule has 118 valence electrons. The number of hydrogen-bond acceptors (Lipinski definition) is 10. The van der Waals surface area contributed by atoms with Crippen molar-refractivity contribution in [1.82, 2.24) is 19.5 Å². The molecule has 2 aromatic heterocycles. The second-order valence-electron chi connectivity index (χ2n) is 4.80. The van der Waals surface area contributed by atoms with Crippen LogP contribution in [0.4, 0.5) is 0 Å². The van der Waals surface area contributed by atoms with Crippen molar-refractivity contribution >= 4 is 21.6 Å². The number of nitrogens with zero attached hydrogens (tertiary/aromatic N) is 4. The maximum Gasteiger partial charge on any atom is 0.400 e. The molecular formula is C10H10N4O7S. The zero-order chi connectivity index (χ0) is 15.5. The average molecular weight is 330 g/mol. The Morgan fingerprint density at radius 2 is 2.00 bits per heavy atom. The van der Waals surface area contributed by atoms with Crippen molar-refractivity contribution in [2.24, 2.45) is 0 Å². The summed E-state index contributed by atoms with van der Waals surface area (Å²) in [6.45, 7) is -0.441. The van der Waals surface area contributed by atoms with Crippen LogP contribution in [0.25, 0.3) is 11.2 Å². The Morgan fingerprint density at radius 1 is 1.23 bits per heavy atom. The van der Waals surface area contributed by atoms with Crippen LogP contribution in [0.3, 0.4) is 0 Å². The molecule has 2 saturated heterocycles. The fourth-order valence-corrected chi connectivity index (χ4v) is 3.65. The van der Waals surface area contributed by atoms with E-state index in [0.717, 1.165) is 6.33 Å². The van der Waals surface area contributed by atoms with Gasteiger partial charge in [0.2, 0.25) is 5.88 Å². The summed E-state index contributed by atoms with van der Waals surface area (Å²) in [6, 6.07) is 0. The van der Waals surface area contributed by atoms with Crippen molar-refractivity contribution < 1.29 is 31.7 Å². The first-order valence-corrected chi connectivity index (χ1v) is 7.58. The highest BCUT2D eigenvalue weighted by Gasteiger charge is 2.56. The van der Waals surface area contributed by atoms with E-state index in [4.69, 9.17) is 13.1 Å². The van der Waals surface area contributed by atoms with Gasteiger partial charge in [-0.1, -0.05) is 0 Å². The third-order valence-corrected chi connectivity index (χ3v) is 4.45. The number of aromatic hydroxyl groups is 1. The third kappa shape index (κ3) is 1.89. The fraction of sp³-hybridized carbons (Fsp3) is 0.500. The molecule has 12 heteroatoms. The number of aliphatic hydroxyl groups excluding tert-OH is 1. The first-order valence-electron chi connectivity index (χ1n) is 6.24. The number of rotatable bonds is 2. The Morgan fingerprint density at radius 3 is 2.77 bits per heavy atom. The van der Waals surface area contributed by atoms with E-state index in [9.17, 15) is 18.6 Å².